The lowest BCUT2D eigenvalue weighted by molar-refractivity contribution is -0.434. The quantitative estimate of drug-likeness (QED) is 0.0211. The van der Waals surface area contributed by atoms with Crippen molar-refractivity contribution in [1.82, 2.24) is 0 Å². The predicted octanol–water partition coefficient (Wildman–Crippen LogP) is 4.60. The summed E-state index contributed by atoms with van der Waals surface area (Å²) in [5.74, 6) is -1.59. The topological polar surface area (TPSA) is 314 Å². The molecule has 0 atom stereocenters. The molecule has 0 unspecified atom stereocenters. The summed E-state index contributed by atoms with van der Waals surface area (Å²) >= 11 is 0.373. The second-order valence-electron chi connectivity index (χ2n) is 8.60. The monoisotopic (exact) mass is 773 g/mol. The van der Waals surface area contributed by atoms with E-state index in [-0.39, 0.29) is 58.9 Å². The average Bonchev–Trinajstić information content (AvgIpc) is 3.03. The first kappa shape index (κ1) is 39.1. The fourth-order valence-electron chi connectivity index (χ4n) is 3.32. The van der Waals surface area contributed by atoms with Crippen LogP contribution in [0, 0.1) is 0 Å². The molecular weight excluding hydrogens is 751 g/mol. The zero-order valence-corrected chi connectivity index (χ0v) is 27.7. The number of nitrogen functional groups attached to an aromatic ring is 1. The van der Waals surface area contributed by atoms with Crippen LogP contribution in [0.4, 0.5) is 28.4 Å². The number of azo groups is 2. The molecular formula is C22H23N5O16S5. The Kier molecular flexibility index (Phi) is 14.6. The Morgan fingerprint density at radius 3 is 1.75 bits per heavy atom. The second kappa shape index (κ2) is 17.9. The van der Waals surface area contributed by atoms with Gasteiger partial charge < -0.3 is 10.8 Å². The van der Waals surface area contributed by atoms with Crippen molar-refractivity contribution in [3.05, 3.63) is 54.6 Å². The molecule has 48 heavy (non-hydrogen) atoms. The molecule has 0 saturated carbocycles. The number of hydrogen-bond acceptors (Lipinski definition) is 22. The van der Waals surface area contributed by atoms with E-state index in [0.29, 0.717) is 6.07 Å². The summed E-state index contributed by atoms with van der Waals surface area (Å²) in [5, 5.41) is 48.4. The lowest BCUT2D eigenvalue weighted by Gasteiger charge is -2.08. The molecule has 0 fully saturated rings. The number of phenols is 1. The summed E-state index contributed by atoms with van der Waals surface area (Å²) in [5.41, 5.74) is 5.24. The van der Waals surface area contributed by atoms with Gasteiger partial charge in [0.2, 0.25) is 0 Å². The molecule has 6 N–H and O–H groups in total. The molecule has 0 amide bonds. The maximum absolute atomic E-state index is 12.6. The maximum Gasteiger partial charge on any atom is 0.296 e. The SMILES string of the molecule is Nc1cc(O)c(N=Nc2ccc(S(=O)(=O)CCOSOOO)cc2S(=O)(=O)O)cc1N=Nc1ccc(S(=O)(=O)CCOSOOO)cc1. The van der Waals surface area contributed by atoms with Crippen LogP contribution in [-0.4, -0.2) is 70.1 Å². The van der Waals surface area contributed by atoms with Crippen molar-refractivity contribution in [3.63, 3.8) is 0 Å². The molecule has 26 heteroatoms. The largest absolute Gasteiger partial charge is 0.506 e. The van der Waals surface area contributed by atoms with Crippen LogP contribution in [0.1, 0.15) is 0 Å². The molecule has 0 saturated heterocycles. The smallest absolute Gasteiger partial charge is 0.296 e. The van der Waals surface area contributed by atoms with Crippen molar-refractivity contribution in [1.29, 1.82) is 0 Å². The second-order valence-corrected chi connectivity index (χ2v) is 15.2. The zero-order chi connectivity index (χ0) is 35.4. The van der Waals surface area contributed by atoms with E-state index in [9.17, 15) is 34.9 Å². The van der Waals surface area contributed by atoms with Crippen LogP contribution in [0.5, 0.6) is 5.75 Å². The lowest BCUT2D eigenvalue weighted by Crippen LogP contribution is -2.12. The van der Waals surface area contributed by atoms with Gasteiger partial charge in [0.1, 0.15) is 27.7 Å². The molecule has 0 aliphatic rings. The van der Waals surface area contributed by atoms with Gasteiger partial charge in [0.25, 0.3) is 10.1 Å². The van der Waals surface area contributed by atoms with Crippen LogP contribution < -0.4 is 5.73 Å². The number of phenolic OH excluding ortho intramolecular Hbond substituents is 1. The first-order valence-electron chi connectivity index (χ1n) is 12.3. The lowest BCUT2D eigenvalue weighted by atomic mass is 10.2. The number of anilines is 1. The highest BCUT2D eigenvalue weighted by Gasteiger charge is 2.22. The van der Waals surface area contributed by atoms with E-state index in [1.54, 1.807) is 0 Å². The molecule has 0 heterocycles. The first-order valence-corrected chi connectivity index (χ1v) is 18.4. The number of sulfone groups is 2. The Balaban J connectivity index is 1.80. The van der Waals surface area contributed by atoms with Gasteiger partial charge in [-0.15, -0.1) is 24.0 Å². The summed E-state index contributed by atoms with van der Waals surface area (Å²) in [4.78, 5) is -1.49. The van der Waals surface area contributed by atoms with Crippen molar-refractivity contribution < 1.29 is 72.5 Å². The van der Waals surface area contributed by atoms with Gasteiger partial charge in [0, 0.05) is 6.07 Å². The van der Waals surface area contributed by atoms with E-state index in [1.807, 2.05) is 0 Å². The third-order valence-electron chi connectivity index (χ3n) is 5.51. The van der Waals surface area contributed by atoms with E-state index in [0.717, 1.165) is 24.3 Å². The fraction of sp³-hybridized carbons (Fsp3) is 0.182. The van der Waals surface area contributed by atoms with Gasteiger partial charge in [-0.3, -0.25) is 12.9 Å². The van der Waals surface area contributed by atoms with Crippen molar-refractivity contribution in [2.24, 2.45) is 20.5 Å². The van der Waals surface area contributed by atoms with Gasteiger partial charge in [-0.2, -0.15) is 13.5 Å². The molecule has 0 aromatic heterocycles. The van der Waals surface area contributed by atoms with Gasteiger partial charge in [0.15, 0.2) is 44.3 Å². The molecule has 0 spiro atoms. The average molecular weight is 774 g/mol. The van der Waals surface area contributed by atoms with Crippen LogP contribution >= 0.6 is 24.6 Å². The summed E-state index contributed by atoms with van der Waals surface area (Å²) in [6.07, 6.45) is 0. The van der Waals surface area contributed by atoms with Crippen LogP contribution in [-0.2, 0) is 56.9 Å². The number of aromatic hydroxyl groups is 1. The van der Waals surface area contributed by atoms with Crippen LogP contribution in [0.2, 0.25) is 0 Å². The number of nitrogens with two attached hydrogens (primary N) is 1. The van der Waals surface area contributed by atoms with Crippen LogP contribution in [0.3, 0.4) is 0 Å². The maximum atomic E-state index is 12.6. The minimum atomic E-state index is -5.03. The van der Waals surface area contributed by atoms with Crippen molar-refractivity contribution in [2.75, 3.05) is 30.5 Å². The summed E-state index contributed by atoms with van der Waals surface area (Å²) in [6.45, 7) is -0.740. The standard InChI is InChI=1S/C22H23N5O16S5/c23-17-12-21(28)20(13-19(17)26-24-14-1-3-15(4-2-14)46(31,32)9-7-38-44-42-40-29)27-25-18-6-5-16(11-22(18)48(35,36)37)47(33,34)10-8-39-45-43-41-30/h1-6,11-13,28-30H,7-10,23H2,(H,35,36,37). The Bertz CT molecular complexity index is 1940. The van der Waals surface area contributed by atoms with E-state index in [1.165, 1.54) is 24.3 Å². The number of benzene rings is 3. The Morgan fingerprint density at radius 1 is 0.667 bits per heavy atom. The molecule has 3 rings (SSSR count). The van der Waals surface area contributed by atoms with Crippen molar-refractivity contribution in [2.45, 2.75) is 14.7 Å². The molecule has 0 radical (unpaired) electrons. The van der Waals surface area contributed by atoms with E-state index >= 15 is 0 Å². The zero-order valence-electron chi connectivity index (χ0n) is 23.6. The van der Waals surface area contributed by atoms with Gasteiger partial charge in [-0.05, 0) is 48.5 Å². The molecule has 0 aliphatic carbocycles. The van der Waals surface area contributed by atoms with Crippen LogP contribution in [0.25, 0.3) is 0 Å². The molecule has 0 aliphatic heterocycles. The highest BCUT2D eigenvalue weighted by molar-refractivity contribution is 7.92. The molecule has 3 aromatic rings. The van der Waals surface area contributed by atoms with E-state index < -0.39 is 69.1 Å². The predicted molar refractivity (Wildman–Crippen MR) is 164 cm³/mol. The third kappa shape index (κ3) is 11.7. The Morgan fingerprint density at radius 2 is 1.19 bits per heavy atom. The molecule has 0 bridgehead atoms. The number of hydrogen-bond donors (Lipinski definition) is 5. The molecule has 3 aromatic carbocycles. The summed E-state index contributed by atoms with van der Waals surface area (Å²) < 4.78 is 101. The normalized spacial score (nSPS) is 12.7. The first-order chi connectivity index (χ1) is 22.7. The van der Waals surface area contributed by atoms with Crippen molar-refractivity contribution >= 4 is 82.9 Å². The van der Waals surface area contributed by atoms with E-state index in [4.69, 9.17) is 24.6 Å². The molecule has 262 valence electrons. The van der Waals surface area contributed by atoms with Gasteiger partial charge in [-0.1, -0.05) is 10.1 Å². The Hall–Kier alpha value is -3.35. The highest BCUT2D eigenvalue weighted by atomic mass is 32.2. The minimum absolute atomic E-state index is 0.0325. The fourth-order valence-corrected chi connectivity index (χ4v) is 6.89. The number of rotatable bonds is 19. The summed E-state index contributed by atoms with van der Waals surface area (Å²) in [6, 6.07) is 10.0. The Labute approximate surface area is 280 Å². The van der Waals surface area contributed by atoms with Crippen LogP contribution in [0.15, 0.2) is 89.7 Å². The van der Waals surface area contributed by atoms with Crippen molar-refractivity contribution in [3.8, 4) is 5.75 Å². The van der Waals surface area contributed by atoms with Gasteiger partial charge in [0.05, 0.1) is 45.9 Å². The molecule has 21 nitrogen and oxygen atoms in total. The summed E-state index contributed by atoms with van der Waals surface area (Å²) in [7, 11) is -12.9. The van der Waals surface area contributed by atoms with Gasteiger partial charge in [-0.25, -0.2) is 27.4 Å². The highest BCUT2D eigenvalue weighted by Crippen LogP contribution is 2.38. The van der Waals surface area contributed by atoms with Gasteiger partial charge >= 0.3 is 0 Å². The van der Waals surface area contributed by atoms with E-state index in [2.05, 4.69) is 39.2 Å². The number of nitrogens with zero attached hydrogens (tertiary/aromatic N) is 4. The third-order valence-corrected chi connectivity index (χ3v) is 10.5. The minimum Gasteiger partial charge on any atom is -0.506 e.